The van der Waals surface area contributed by atoms with E-state index in [1.54, 1.807) is 27.7 Å². The molecule has 0 saturated carbocycles. The highest BCUT2D eigenvalue weighted by molar-refractivity contribution is 6.05. The maximum absolute atomic E-state index is 10.8. The predicted octanol–water partition coefficient (Wildman–Crippen LogP) is 0.118. The lowest BCUT2D eigenvalue weighted by atomic mass is 9.92. The van der Waals surface area contributed by atoms with Gasteiger partial charge in [-0.05, 0) is 0 Å². The summed E-state index contributed by atoms with van der Waals surface area (Å²) in [4.78, 5) is 42.6. The third-order valence-corrected chi connectivity index (χ3v) is 2.94. The van der Waals surface area contributed by atoms with Crippen LogP contribution in [0.15, 0.2) is 0 Å². The van der Waals surface area contributed by atoms with Crippen molar-refractivity contribution < 1.29 is 19.2 Å². The normalized spacial score (nSPS) is 24.2. The van der Waals surface area contributed by atoms with Gasteiger partial charge < -0.3 is 0 Å². The molecular formula is C12H18N2O4. The smallest absolute Gasteiger partial charge is 0.232 e. The van der Waals surface area contributed by atoms with E-state index in [-0.39, 0.29) is 23.6 Å². The molecule has 4 amide bonds. The first-order valence-corrected chi connectivity index (χ1v) is 5.73. The van der Waals surface area contributed by atoms with Crippen molar-refractivity contribution >= 4 is 23.6 Å². The minimum atomic E-state index is -0.475. The van der Waals surface area contributed by atoms with Crippen molar-refractivity contribution in [2.45, 2.75) is 40.5 Å². The van der Waals surface area contributed by atoms with Gasteiger partial charge in [0.2, 0.25) is 23.6 Å². The number of amides is 4. The molecule has 0 bridgehead atoms. The Labute approximate surface area is 105 Å². The molecule has 0 aromatic carbocycles. The quantitative estimate of drug-likeness (QED) is 0.600. The number of imide groups is 2. The summed E-state index contributed by atoms with van der Waals surface area (Å²) < 4.78 is 0. The van der Waals surface area contributed by atoms with Gasteiger partial charge in [0.15, 0.2) is 0 Å². The third-order valence-electron chi connectivity index (χ3n) is 2.94. The van der Waals surface area contributed by atoms with E-state index in [0.29, 0.717) is 12.8 Å². The van der Waals surface area contributed by atoms with Crippen LogP contribution in [0.4, 0.5) is 0 Å². The molecule has 0 atom stereocenters. The average Bonchev–Trinajstić information content (AvgIpc) is 2.50. The van der Waals surface area contributed by atoms with Crippen LogP contribution in [-0.2, 0) is 19.2 Å². The molecule has 0 radical (unpaired) electrons. The fourth-order valence-electron chi connectivity index (χ4n) is 1.64. The molecule has 100 valence electrons. The third kappa shape index (κ3) is 3.15. The number of hydrogen-bond acceptors (Lipinski definition) is 4. The molecule has 6 nitrogen and oxygen atoms in total. The summed E-state index contributed by atoms with van der Waals surface area (Å²) in [6.45, 7) is 7.03. The Bertz CT molecular complexity index is 384. The number of carbonyl (C=O) groups excluding carboxylic acids is 4. The molecular weight excluding hydrogens is 236 g/mol. The van der Waals surface area contributed by atoms with Crippen molar-refractivity contribution in [3.63, 3.8) is 0 Å². The summed E-state index contributed by atoms with van der Waals surface area (Å²) in [6.07, 6.45) is 0.650. The van der Waals surface area contributed by atoms with Crippen LogP contribution in [0.5, 0.6) is 0 Å². The summed E-state index contributed by atoms with van der Waals surface area (Å²) in [7, 11) is 0. The summed E-state index contributed by atoms with van der Waals surface area (Å²) in [6, 6.07) is 0. The van der Waals surface area contributed by atoms with Gasteiger partial charge in [-0.25, -0.2) is 0 Å². The van der Waals surface area contributed by atoms with Gasteiger partial charge in [-0.2, -0.15) is 0 Å². The molecule has 2 heterocycles. The largest absolute Gasteiger partial charge is 0.296 e. The van der Waals surface area contributed by atoms with Gasteiger partial charge in [-0.15, -0.1) is 0 Å². The SMILES string of the molecule is CC1(C)CC(=O)NC1=O.CC1(C)CC(=O)NC1=O. The number of carbonyl (C=O) groups is 4. The van der Waals surface area contributed by atoms with E-state index >= 15 is 0 Å². The van der Waals surface area contributed by atoms with Crippen LogP contribution < -0.4 is 10.6 Å². The van der Waals surface area contributed by atoms with Gasteiger partial charge in [0.25, 0.3) is 0 Å². The van der Waals surface area contributed by atoms with Gasteiger partial charge >= 0.3 is 0 Å². The molecule has 0 spiro atoms. The Balaban J connectivity index is 0.000000180. The Kier molecular flexibility index (Phi) is 3.59. The minimum absolute atomic E-state index is 0.160. The molecule has 2 saturated heterocycles. The topological polar surface area (TPSA) is 92.3 Å². The monoisotopic (exact) mass is 254 g/mol. The number of rotatable bonds is 0. The van der Waals surface area contributed by atoms with Gasteiger partial charge in [-0.3, -0.25) is 29.8 Å². The molecule has 0 aromatic heterocycles. The van der Waals surface area contributed by atoms with Crippen LogP contribution in [0.3, 0.4) is 0 Å². The van der Waals surface area contributed by atoms with E-state index in [9.17, 15) is 19.2 Å². The van der Waals surface area contributed by atoms with Crippen LogP contribution >= 0.6 is 0 Å². The first kappa shape index (κ1) is 14.3. The van der Waals surface area contributed by atoms with Crippen molar-refractivity contribution in [1.82, 2.24) is 10.6 Å². The van der Waals surface area contributed by atoms with Gasteiger partial charge in [0.1, 0.15) is 0 Å². The molecule has 2 fully saturated rings. The van der Waals surface area contributed by atoms with Crippen LogP contribution in [0.2, 0.25) is 0 Å². The molecule has 6 heteroatoms. The summed E-state index contributed by atoms with van der Waals surface area (Å²) >= 11 is 0. The van der Waals surface area contributed by atoms with Gasteiger partial charge in [-0.1, -0.05) is 27.7 Å². The van der Waals surface area contributed by atoms with Crippen LogP contribution in [0, 0.1) is 10.8 Å². The zero-order chi connectivity index (χ0) is 14.1. The summed E-state index contributed by atoms with van der Waals surface area (Å²) in [5.41, 5.74) is -0.950. The first-order valence-electron chi connectivity index (χ1n) is 5.73. The molecule has 18 heavy (non-hydrogen) atoms. The lowest BCUT2D eigenvalue weighted by Crippen LogP contribution is -2.26. The van der Waals surface area contributed by atoms with Crippen LogP contribution in [0.1, 0.15) is 40.5 Å². The van der Waals surface area contributed by atoms with Gasteiger partial charge in [0.05, 0.1) is 10.8 Å². The van der Waals surface area contributed by atoms with Crippen molar-refractivity contribution in [1.29, 1.82) is 0 Å². The highest BCUT2D eigenvalue weighted by atomic mass is 16.2. The number of nitrogens with one attached hydrogen (secondary N) is 2. The molecule has 0 unspecified atom stereocenters. The lowest BCUT2D eigenvalue weighted by molar-refractivity contribution is -0.129. The molecule has 2 aliphatic heterocycles. The maximum atomic E-state index is 10.8. The average molecular weight is 254 g/mol. The summed E-state index contributed by atoms with van der Waals surface area (Å²) in [5, 5.41) is 4.46. The Morgan fingerprint density at radius 2 is 1.00 bits per heavy atom. The van der Waals surface area contributed by atoms with Crippen LogP contribution in [0.25, 0.3) is 0 Å². The minimum Gasteiger partial charge on any atom is -0.296 e. The van der Waals surface area contributed by atoms with Crippen LogP contribution in [-0.4, -0.2) is 23.6 Å². The van der Waals surface area contributed by atoms with E-state index in [2.05, 4.69) is 10.6 Å². The molecule has 0 aliphatic carbocycles. The highest BCUT2D eigenvalue weighted by Crippen LogP contribution is 2.25. The predicted molar refractivity (Wildman–Crippen MR) is 63.1 cm³/mol. The second-order valence-electron chi connectivity index (χ2n) is 5.88. The van der Waals surface area contributed by atoms with Gasteiger partial charge in [0, 0.05) is 12.8 Å². The van der Waals surface area contributed by atoms with E-state index in [4.69, 9.17) is 0 Å². The lowest BCUT2D eigenvalue weighted by Gasteiger charge is -2.08. The van der Waals surface area contributed by atoms with E-state index in [1.807, 2.05) is 0 Å². The Morgan fingerprint density at radius 3 is 1.06 bits per heavy atom. The van der Waals surface area contributed by atoms with E-state index in [0.717, 1.165) is 0 Å². The van der Waals surface area contributed by atoms with Crippen molar-refractivity contribution in [2.24, 2.45) is 10.8 Å². The molecule has 0 aromatic rings. The maximum Gasteiger partial charge on any atom is 0.232 e. The zero-order valence-corrected chi connectivity index (χ0v) is 11.0. The zero-order valence-electron chi connectivity index (χ0n) is 11.0. The molecule has 2 aliphatic rings. The van der Waals surface area contributed by atoms with Crippen molar-refractivity contribution in [2.75, 3.05) is 0 Å². The standard InChI is InChI=1S/2C6H9NO2/c2*1-6(2)3-4(8)7-5(6)9/h2*3H2,1-2H3,(H,7,8,9). The second-order valence-corrected chi connectivity index (χ2v) is 5.88. The Morgan fingerprint density at radius 1 is 0.722 bits per heavy atom. The first-order chi connectivity index (χ1) is 8.04. The number of hydrogen-bond donors (Lipinski definition) is 2. The second kappa shape index (κ2) is 4.51. The molecule has 2 N–H and O–H groups in total. The van der Waals surface area contributed by atoms with E-state index < -0.39 is 10.8 Å². The highest BCUT2D eigenvalue weighted by Gasteiger charge is 2.38. The fraction of sp³-hybridized carbons (Fsp3) is 0.667. The molecule has 2 rings (SSSR count). The van der Waals surface area contributed by atoms with Crippen molar-refractivity contribution in [3.8, 4) is 0 Å². The van der Waals surface area contributed by atoms with E-state index in [1.165, 1.54) is 0 Å². The van der Waals surface area contributed by atoms with Crippen molar-refractivity contribution in [3.05, 3.63) is 0 Å². The summed E-state index contributed by atoms with van der Waals surface area (Å²) in [5.74, 6) is -0.644. The fourth-order valence-corrected chi connectivity index (χ4v) is 1.64. The Hall–Kier alpha value is -1.72.